The molecule has 0 amide bonds. The van der Waals surface area contributed by atoms with Gasteiger partial charge in [-0.2, -0.15) is 12.6 Å². The number of thiazole rings is 1. The average molecular weight is 269 g/mol. The van der Waals surface area contributed by atoms with Gasteiger partial charge < -0.3 is 0 Å². The van der Waals surface area contributed by atoms with Crippen LogP contribution in [-0.2, 0) is 0 Å². The minimum absolute atomic E-state index is 0.695. The fourth-order valence-corrected chi connectivity index (χ4v) is 4.26. The van der Waals surface area contributed by atoms with Gasteiger partial charge in [0.15, 0.2) is 4.34 Å². The second kappa shape index (κ2) is 5.94. The molecule has 2 aromatic rings. The third-order valence-corrected chi connectivity index (χ3v) is 5.48. The van der Waals surface area contributed by atoms with Crippen LogP contribution in [0.4, 0.5) is 0 Å². The maximum Gasteiger partial charge on any atom is 0.151 e. The molecule has 2 rings (SSSR count). The maximum absolute atomic E-state index is 4.61. The van der Waals surface area contributed by atoms with Gasteiger partial charge in [0, 0.05) is 5.75 Å². The van der Waals surface area contributed by atoms with Crippen molar-refractivity contribution in [3.8, 4) is 0 Å². The van der Waals surface area contributed by atoms with Gasteiger partial charge in [-0.05, 0) is 23.8 Å². The monoisotopic (exact) mass is 269 g/mol. The smallest absolute Gasteiger partial charge is 0.151 e. The molecular weight excluding hydrogens is 254 g/mol. The Bertz CT molecular complexity index is 415. The van der Waals surface area contributed by atoms with Crippen LogP contribution < -0.4 is 0 Å². The summed E-state index contributed by atoms with van der Waals surface area (Å²) in [5.41, 5.74) is 1.12. The molecule has 16 heavy (non-hydrogen) atoms. The van der Waals surface area contributed by atoms with Gasteiger partial charge in [-0.25, -0.2) is 4.98 Å². The Morgan fingerprint density at radius 3 is 2.94 bits per heavy atom. The van der Waals surface area contributed by atoms with Crippen LogP contribution in [0.15, 0.2) is 28.6 Å². The van der Waals surface area contributed by atoms with Crippen LogP contribution in [-0.4, -0.2) is 16.5 Å². The Hall–Kier alpha value is -0.190. The molecule has 1 aromatic heterocycles. The molecule has 0 saturated carbocycles. The number of hydrogen-bond donors (Lipinski definition) is 1. The standard InChI is InChI=1S/C12H15NS3/c1-2-9(7-14)8-15-12-13-10-5-3-4-6-11(10)16-12/h3-6,9,14H,2,7-8H2,1H3. The van der Waals surface area contributed by atoms with Gasteiger partial charge in [0.2, 0.25) is 0 Å². The van der Waals surface area contributed by atoms with E-state index in [1.54, 1.807) is 11.3 Å². The number of hydrogen-bond acceptors (Lipinski definition) is 4. The number of nitrogens with zero attached hydrogens (tertiary/aromatic N) is 1. The second-order valence-electron chi connectivity index (χ2n) is 3.72. The Morgan fingerprint density at radius 1 is 1.44 bits per heavy atom. The van der Waals surface area contributed by atoms with Crippen molar-refractivity contribution in [2.45, 2.75) is 17.7 Å². The number of thioether (sulfide) groups is 1. The summed E-state index contributed by atoms with van der Waals surface area (Å²) in [4.78, 5) is 4.61. The Labute approximate surface area is 110 Å². The van der Waals surface area contributed by atoms with Gasteiger partial charge in [-0.3, -0.25) is 0 Å². The zero-order valence-corrected chi connectivity index (χ0v) is 11.7. The molecule has 1 atom stereocenters. The first-order chi connectivity index (χ1) is 7.83. The van der Waals surface area contributed by atoms with Gasteiger partial charge in [0.1, 0.15) is 0 Å². The summed E-state index contributed by atoms with van der Waals surface area (Å²) in [6, 6.07) is 8.31. The molecule has 1 aromatic carbocycles. The van der Waals surface area contributed by atoms with Crippen LogP contribution in [0.25, 0.3) is 10.2 Å². The van der Waals surface area contributed by atoms with Gasteiger partial charge >= 0.3 is 0 Å². The Balaban J connectivity index is 2.04. The molecule has 4 heteroatoms. The number of rotatable bonds is 5. The van der Waals surface area contributed by atoms with E-state index in [-0.39, 0.29) is 0 Å². The van der Waals surface area contributed by atoms with E-state index in [9.17, 15) is 0 Å². The summed E-state index contributed by atoms with van der Waals surface area (Å²) < 4.78 is 2.46. The number of para-hydroxylation sites is 1. The van der Waals surface area contributed by atoms with E-state index >= 15 is 0 Å². The van der Waals surface area contributed by atoms with E-state index in [4.69, 9.17) is 0 Å². The lowest BCUT2D eigenvalue weighted by Crippen LogP contribution is -2.03. The summed E-state index contributed by atoms with van der Waals surface area (Å²) in [5, 5.41) is 0. The molecule has 0 fully saturated rings. The topological polar surface area (TPSA) is 12.9 Å². The largest absolute Gasteiger partial charge is 0.230 e. The van der Waals surface area contributed by atoms with Crippen molar-refractivity contribution < 1.29 is 0 Å². The summed E-state index contributed by atoms with van der Waals surface area (Å²) in [5.74, 6) is 2.79. The van der Waals surface area contributed by atoms with Crippen LogP contribution in [0.1, 0.15) is 13.3 Å². The molecule has 1 unspecified atom stereocenters. The SMILES string of the molecule is CCC(CS)CSc1nc2ccccc2s1. The predicted octanol–water partition coefficient (Wildman–Crippen LogP) is 4.34. The van der Waals surface area contributed by atoms with E-state index in [1.807, 2.05) is 17.8 Å². The van der Waals surface area contributed by atoms with Crippen molar-refractivity contribution >= 4 is 45.9 Å². The minimum Gasteiger partial charge on any atom is -0.230 e. The maximum atomic E-state index is 4.61. The number of thiol groups is 1. The Kier molecular flexibility index (Phi) is 4.55. The van der Waals surface area contributed by atoms with Crippen molar-refractivity contribution in [3.05, 3.63) is 24.3 Å². The van der Waals surface area contributed by atoms with Crippen LogP contribution in [0.3, 0.4) is 0 Å². The van der Waals surface area contributed by atoms with Gasteiger partial charge in [0.05, 0.1) is 10.2 Å². The predicted molar refractivity (Wildman–Crippen MR) is 78.0 cm³/mol. The number of fused-ring (bicyclic) bond motifs is 1. The third-order valence-electron chi connectivity index (χ3n) is 2.55. The molecule has 0 aliphatic carbocycles. The lowest BCUT2D eigenvalue weighted by atomic mass is 10.2. The van der Waals surface area contributed by atoms with Crippen molar-refractivity contribution in [1.29, 1.82) is 0 Å². The van der Waals surface area contributed by atoms with E-state index in [0.717, 1.165) is 17.0 Å². The van der Waals surface area contributed by atoms with Crippen LogP contribution in [0.2, 0.25) is 0 Å². The Morgan fingerprint density at radius 2 is 2.25 bits per heavy atom. The summed E-state index contributed by atoms with van der Waals surface area (Å²) in [6.07, 6.45) is 1.20. The van der Waals surface area contributed by atoms with E-state index in [0.29, 0.717) is 5.92 Å². The van der Waals surface area contributed by atoms with Gasteiger partial charge in [-0.15, -0.1) is 11.3 Å². The van der Waals surface area contributed by atoms with Crippen LogP contribution in [0, 0.1) is 5.92 Å². The highest BCUT2D eigenvalue weighted by Crippen LogP contribution is 2.30. The molecular formula is C12H15NS3. The first-order valence-electron chi connectivity index (χ1n) is 5.42. The highest BCUT2D eigenvalue weighted by atomic mass is 32.2. The second-order valence-corrected chi connectivity index (χ2v) is 6.38. The summed E-state index contributed by atoms with van der Waals surface area (Å²) in [7, 11) is 0. The molecule has 86 valence electrons. The van der Waals surface area contributed by atoms with Crippen molar-refractivity contribution in [1.82, 2.24) is 4.98 Å². The third kappa shape index (κ3) is 2.93. The highest BCUT2D eigenvalue weighted by molar-refractivity contribution is 8.01. The number of aromatic nitrogens is 1. The first kappa shape index (κ1) is 12.3. The quantitative estimate of drug-likeness (QED) is 0.640. The fourth-order valence-electron chi connectivity index (χ4n) is 1.40. The van der Waals surface area contributed by atoms with Crippen LogP contribution in [0.5, 0.6) is 0 Å². The highest BCUT2D eigenvalue weighted by Gasteiger charge is 2.08. The molecule has 0 aliphatic heterocycles. The molecule has 0 N–H and O–H groups in total. The van der Waals surface area contributed by atoms with Crippen molar-refractivity contribution in [3.63, 3.8) is 0 Å². The molecule has 0 radical (unpaired) electrons. The summed E-state index contributed by atoms with van der Waals surface area (Å²) in [6.45, 7) is 2.22. The molecule has 1 nitrogen and oxygen atoms in total. The van der Waals surface area contributed by atoms with Crippen LogP contribution >= 0.6 is 35.7 Å². The molecule has 0 aliphatic rings. The lowest BCUT2D eigenvalue weighted by molar-refractivity contribution is 0.649. The van der Waals surface area contributed by atoms with Gasteiger partial charge in [-0.1, -0.05) is 37.2 Å². The average Bonchev–Trinajstić information content (AvgIpc) is 2.73. The van der Waals surface area contributed by atoms with Crippen molar-refractivity contribution in [2.75, 3.05) is 11.5 Å². The summed E-state index contributed by atoms with van der Waals surface area (Å²) >= 11 is 8.01. The van der Waals surface area contributed by atoms with Gasteiger partial charge in [0.25, 0.3) is 0 Å². The zero-order valence-electron chi connectivity index (χ0n) is 9.22. The molecule has 1 heterocycles. The molecule has 0 spiro atoms. The lowest BCUT2D eigenvalue weighted by Gasteiger charge is -2.08. The van der Waals surface area contributed by atoms with E-state index < -0.39 is 0 Å². The minimum atomic E-state index is 0.695. The normalized spacial score (nSPS) is 13.1. The zero-order chi connectivity index (χ0) is 11.4. The first-order valence-corrected chi connectivity index (χ1v) is 7.86. The fraction of sp³-hybridized carbons (Fsp3) is 0.417. The number of benzene rings is 1. The van der Waals surface area contributed by atoms with E-state index in [1.165, 1.54) is 15.5 Å². The molecule has 0 saturated heterocycles. The molecule has 0 bridgehead atoms. The van der Waals surface area contributed by atoms with E-state index in [2.05, 4.69) is 42.7 Å². The van der Waals surface area contributed by atoms with Crippen molar-refractivity contribution in [2.24, 2.45) is 5.92 Å².